The number of likely N-dealkylation sites (tertiary alicyclic amines) is 2. The van der Waals surface area contributed by atoms with Crippen LogP contribution in [0.1, 0.15) is 59.3 Å². The molecule has 5 aliphatic rings. The van der Waals surface area contributed by atoms with Gasteiger partial charge in [0.15, 0.2) is 0 Å². The summed E-state index contributed by atoms with van der Waals surface area (Å²) in [5, 5.41) is 11.5. The van der Waals surface area contributed by atoms with Crippen LogP contribution in [0.5, 0.6) is 0 Å². The van der Waals surface area contributed by atoms with Gasteiger partial charge in [-0.3, -0.25) is 14.4 Å². The van der Waals surface area contributed by atoms with Crippen molar-refractivity contribution in [1.29, 1.82) is 0 Å². The number of hydrogen-bond donors (Lipinski definition) is 3. The molecule has 4 saturated heterocycles. The van der Waals surface area contributed by atoms with Crippen LogP contribution in [0, 0.1) is 28.1 Å². The Balaban J connectivity index is 0.000000179. The molecule has 2 spiro atoms. The third kappa shape index (κ3) is 8.05. The molecule has 4 heterocycles. The zero-order chi connectivity index (χ0) is 29.4. The van der Waals surface area contributed by atoms with Crippen LogP contribution >= 0.6 is 0 Å². The molecule has 3 amide bonds. The van der Waals surface area contributed by atoms with Crippen molar-refractivity contribution in [2.24, 2.45) is 33.8 Å². The lowest BCUT2D eigenvalue weighted by atomic mass is 9.71. The van der Waals surface area contributed by atoms with Crippen molar-refractivity contribution in [2.45, 2.75) is 59.3 Å². The molecule has 40 heavy (non-hydrogen) atoms. The molecular formula is C30H52N4O6. The highest BCUT2D eigenvalue weighted by Gasteiger charge is 2.59. The van der Waals surface area contributed by atoms with Crippen molar-refractivity contribution < 1.29 is 29.0 Å². The summed E-state index contributed by atoms with van der Waals surface area (Å²) in [5.41, 5.74) is 5.96. The zero-order valence-electron chi connectivity index (χ0n) is 24.9. The molecule has 0 aromatic rings. The lowest BCUT2D eigenvalue weighted by molar-refractivity contribution is -0.150. The highest BCUT2D eigenvalue weighted by molar-refractivity contribution is 5.84. The molecule has 0 bridgehead atoms. The molecule has 2 atom stereocenters. The van der Waals surface area contributed by atoms with E-state index in [1.54, 1.807) is 6.08 Å². The van der Waals surface area contributed by atoms with E-state index in [0.717, 1.165) is 58.5 Å². The van der Waals surface area contributed by atoms with Gasteiger partial charge in [0, 0.05) is 88.9 Å². The second-order valence-corrected chi connectivity index (χ2v) is 12.9. The van der Waals surface area contributed by atoms with Gasteiger partial charge >= 0.3 is 0 Å². The van der Waals surface area contributed by atoms with Gasteiger partial charge in [-0.15, -0.1) is 6.58 Å². The van der Waals surface area contributed by atoms with Crippen molar-refractivity contribution in [1.82, 2.24) is 15.1 Å². The highest BCUT2D eigenvalue weighted by atomic mass is 16.5. The first-order valence-electron chi connectivity index (χ1n) is 15.0. The number of nitrogens with zero attached hydrogens (tertiary/aromatic N) is 2. The number of carbonyl (C=O) groups excluding carboxylic acids is 3. The van der Waals surface area contributed by atoms with Crippen molar-refractivity contribution >= 4 is 17.7 Å². The normalized spacial score (nSPS) is 26.4. The number of amides is 3. The minimum absolute atomic E-state index is 0.0828. The van der Waals surface area contributed by atoms with Crippen LogP contribution in [0.25, 0.3) is 0 Å². The van der Waals surface area contributed by atoms with Crippen LogP contribution in [0.3, 0.4) is 0 Å². The van der Waals surface area contributed by atoms with E-state index in [0.29, 0.717) is 57.0 Å². The Kier molecular flexibility index (Phi) is 11.6. The van der Waals surface area contributed by atoms with E-state index in [2.05, 4.69) is 32.7 Å². The summed E-state index contributed by atoms with van der Waals surface area (Å²) in [4.78, 5) is 39.1. The second-order valence-electron chi connectivity index (χ2n) is 12.9. The number of carbonyl (C=O) groups is 3. The lowest BCUT2D eigenvalue weighted by Crippen LogP contribution is -2.64. The molecule has 1 unspecified atom stereocenters. The Morgan fingerprint density at radius 1 is 1.12 bits per heavy atom. The van der Waals surface area contributed by atoms with Gasteiger partial charge in [-0.1, -0.05) is 26.8 Å². The number of aliphatic hydroxyl groups excluding tert-OH is 1. The first-order valence-corrected chi connectivity index (χ1v) is 15.0. The van der Waals surface area contributed by atoms with Crippen LogP contribution in [0.2, 0.25) is 0 Å². The molecule has 10 nitrogen and oxygen atoms in total. The van der Waals surface area contributed by atoms with Gasteiger partial charge in [0.2, 0.25) is 17.7 Å². The zero-order valence-corrected chi connectivity index (χ0v) is 24.9. The maximum Gasteiger partial charge on any atom is 0.226 e. The van der Waals surface area contributed by atoms with E-state index in [9.17, 15) is 14.4 Å². The third-order valence-corrected chi connectivity index (χ3v) is 9.15. The summed E-state index contributed by atoms with van der Waals surface area (Å²) in [6.07, 6.45) is 7.36. The quantitative estimate of drug-likeness (QED) is 0.286. The van der Waals surface area contributed by atoms with Crippen molar-refractivity contribution in [3.8, 4) is 0 Å². The number of rotatable bonds is 9. The minimum Gasteiger partial charge on any atom is -0.396 e. The van der Waals surface area contributed by atoms with Crippen molar-refractivity contribution in [3.05, 3.63) is 12.7 Å². The summed E-state index contributed by atoms with van der Waals surface area (Å²) < 4.78 is 10.3. The summed E-state index contributed by atoms with van der Waals surface area (Å²) in [5.74, 6) is 0.439. The smallest absolute Gasteiger partial charge is 0.226 e. The van der Waals surface area contributed by atoms with Gasteiger partial charge < -0.3 is 35.4 Å². The number of ether oxygens (including phenoxy) is 2. The van der Waals surface area contributed by atoms with Gasteiger partial charge in [0.05, 0.1) is 12.5 Å². The van der Waals surface area contributed by atoms with Gasteiger partial charge in [-0.05, 0) is 37.5 Å². The van der Waals surface area contributed by atoms with E-state index in [1.807, 2.05) is 9.80 Å². The van der Waals surface area contributed by atoms with Gasteiger partial charge in [-0.25, -0.2) is 0 Å². The predicted molar refractivity (Wildman–Crippen MR) is 153 cm³/mol. The second kappa shape index (κ2) is 14.2. The molecule has 4 N–H and O–H groups in total. The SMILES string of the molecule is C=CCOCCCO.CC1(C)C[C@@H]1C(=O)N1CC2(CNCC2C(N)=O)C1.CCCC(=O)N1CC2(CCOCC2)C1. The summed E-state index contributed by atoms with van der Waals surface area (Å²) in [6.45, 7) is 17.8. The fraction of sp³-hybridized carbons (Fsp3) is 0.833. The molecule has 1 aliphatic carbocycles. The summed E-state index contributed by atoms with van der Waals surface area (Å²) in [6, 6.07) is 0. The van der Waals surface area contributed by atoms with Crippen molar-refractivity contribution in [2.75, 3.05) is 72.3 Å². The van der Waals surface area contributed by atoms with Gasteiger partial charge in [0.25, 0.3) is 0 Å². The fourth-order valence-corrected chi connectivity index (χ4v) is 6.28. The highest BCUT2D eigenvalue weighted by Crippen LogP contribution is 2.54. The molecular weight excluding hydrogens is 512 g/mol. The molecule has 0 aromatic carbocycles. The molecule has 5 rings (SSSR count). The van der Waals surface area contributed by atoms with Crippen LogP contribution in [0.4, 0.5) is 0 Å². The van der Waals surface area contributed by atoms with E-state index < -0.39 is 0 Å². The number of hydrogen-bond acceptors (Lipinski definition) is 7. The molecule has 10 heteroatoms. The number of aliphatic hydroxyl groups is 1. The fourth-order valence-electron chi connectivity index (χ4n) is 6.28. The lowest BCUT2D eigenvalue weighted by Gasteiger charge is -2.52. The summed E-state index contributed by atoms with van der Waals surface area (Å²) in [7, 11) is 0. The number of nitrogens with one attached hydrogen (secondary N) is 1. The molecule has 0 radical (unpaired) electrons. The average Bonchev–Trinajstić information content (AvgIpc) is 3.31. The van der Waals surface area contributed by atoms with Crippen molar-refractivity contribution in [3.63, 3.8) is 0 Å². The van der Waals surface area contributed by atoms with E-state index in [1.165, 1.54) is 0 Å². The molecule has 228 valence electrons. The third-order valence-electron chi connectivity index (χ3n) is 9.15. The van der Waals surface area contributed by atoms with Gasteiger partial charge in [-0.2, -0.15) is 0 Å². The molecule has 4 aliphatic heterocycles. The Bertz CT molecular complexity index is 873. The largest absolute Gasteiger partial charge is 0.396 e. The van der Waals surface area contributed by atoms with E-state index in [4.69, 9.17) is 20.3 Å². The van der Waals surface area contributed by atoms with Gasteiger partial charge in [0.1, 0.15) is 0 Å². The average molecular weight is 565 g/mol. The number of nitrogens with two attached hydrogens (primary N) is 1. The predicted octanol–water partition coefficient (Wildman–Crippen LogP) is 1.56. The van der Waals surface area contributed by atoms with E-state index >= 15 is 0 Å². The van der Waals surface area contributed by atoms with Crippen LogP contribution < -0.4 is 11.1 Å². The summed E-state index contributed by atoms with van der Waals surface area (Å²) >= 11 is 0. The van der Waals surface area contributed by atoms with Crippen LogP contribution in [-0.2, 0) is 23.9 Å². The topological polar surface area (TPSA) is 134 Å². The minimum atomic E-state index is -0.237. The van der Waals surface area contributed by atoms with E-state index in [-0.39, 0.29) is 41.1 Å². The molecule has 0 aromatic heterocycles. The monoisotopic (exact) mass is 564 g/mol. The Morgan fingerprint density at radius 2 is 1.77 bits per heavy atom. The number of primary amides is 1. The maximum absolute atomic E-state index is 12.2. The van der Waals surface area contributed by atoms with Crippen LogP contribution in [0.15, 0.2) is 12.7 Å². The maximum atomic E-state index is 12.2. The standard InChI is InChI=1S/C13H21N3O2.C11H19NO2.C6H12O2/c1-12(2)3-8(12)11(18)16-6-13(7-16)5-15-4-9(13)10(14)17;1-2-3-10(13)12-8-11(9-12)4-6-14-7-5-11;1-2-5-8-6-3-4-7/h8-9,15H,3-7H2,1-2H3,(H2,14,17);2-9H2,1H3;2,7H,1,3-6H2/t8-,9?;;/m1../s1. The molecule has 1 saturated carbocycles. The Hall–Kier alpha value is -2.01. The Morgan fingerprint density at radius 3 is 2.30 bits per heavy atom. The van der Waals surface area contributed by atoms with Crippen LogP contribution in [-0.4, -0.2) is 105 Å². The Labute approximate surface area is 240 Å². The first-order chi connectivity index (χ1) is 19.0. The first kappa shape index (κ1) is 32.5. The molecule has 5 fully saturated rings.